The summed E-state index contributed by atoms with van der Waals surface area (Å²) in [4.78, 5) is 22.9. The standard InChI is InChI=1S/C16H30N2O3/c1-15(2,3)12(5-6-13(19)20)7-10-18-14(21)16(11-17)8-4-9-16/h12H,4-11,17H2,1-3H3,(H,18,21)(H,19,20). The van der Waals surface area contributed by atoms with Gasteiger partial charge in [0.2, 0.25) is 5.91 Å². The number of nitrogens with two attached hydrogens (primary N) is 1. The van der Waals surface area contributed by atoms with Crippen molar-refractivity contribution in [3.63, 3.8) is 0 Å². The van der Waals surface area contributed by atoms with Gasteiger partial charge in [0, 0.05) is 19.5 Å². The van der Waals surface area contributed by atoms with E-state index in [4.69, 9.17) is 10.8 Å². The van der Waals surface area contributed by atoms with Gasteiger partial charge in [0.05, 0.1) is 5.41 Å². The molecule has 0 aromatic heterocycles. The molecule has 0 saturated heterocycles. The average molecular weight is 298 g/mol. The van der Waals surface area contributed by atoms with Crippen LogP contribution in [0.15, 0.2) is 0 Å². The third-order valence-corrected chi connectivity index (χ3v) is 4.89. The maximum Gasteiger partial charge on any atom is 0.303 e. The second-order valence-electron chi connectivity index (χ2n) is 7.38. The van der Waals surface area contributed by atoms with E-state index < -0.39 is 5.97 Å². The van der Waals surface area contributed by atoms with Crippen molar-refractivity contribution in [2.75, 3.05) is 13.1 Å². The van der Waals surface area contributed by atoms with Gasteiger partial charge < -0.3 is 16.2 Å². The van der Waals surface area contributed by atoms with Gasteiger partial charge in [-0.1, -0.05) is 27.2 Å². The zero-order valence-electron chi connectivity index (χ0n) is 13.6. The van der Waals surface area contributed by atoms with Crippen LogP contribution in [0.25, 0.3) is 0 Å². The molecule has 1 fully saturated rings. The fourth-order valence-corrected chi connectivity index (χ4v) is 2.98. The molecule has 1 rings (SSSR count). The van der Waals surface area contributed by atoms with E-state index >= 15 is 0 Å². The Labute approximate surface area is 127 Å². The zero-order chi connectivity index (χ0) is 16.1. The van der Waals surface area contributed by atoms with Crippen LogP contribution in [0.4, 0.5) is 0 Å². The molecule has 0 bridgehead atoms. The van der Waals surface area contributed by atoms with E-state index in [1.807, 2.05) is 0 Å². The van der Waals surface area contributed by atoms with Crippen molar-refractivity contribution in [3.8, 4) is 0 Å². The molecule has 0 aliphatic heterocycles. The van der Waals surface area contributed by atoms with E-state index in [0.29, 0.717) is 19.5 Å². The second kappa shape index (κ2) is 7.25. The van der Waals surface area contributed by atoms with Gasteiger partial charge in [0.15, 0.2) is 0 Å². The van der Waals surface area contributed by atoms with E-state index in [1.54, 1.807) is 0 Å². The summed E-state index contributed by atoms with van der Waals surface area (Å²) in [5.41, 5.74) is 5.43. The Balaban J connectivity index is 2.42. The van der Waals surface area contributed by atoms with Crippen molar-refractivity contribution in [2.45, 2.75) is 59.3 Å². The fraction of sp³-hybridized carbons (Fsp3) is 0.875. The van der Waals surface area contributed by atoms with Gasteiger partial charge in [-0.3, -0.25) is 9.59 Å². The van der Waals surface area contributed by atoms with Gasteiger partial charge >= 0.3 is 5.97 Å². The number of aliphatic carboxylic acids is 1. The van der Waals surface area contributed by atoms with Gasteiger partial charge in [-0.15, -0.1) is 0 Å². The molecule has 1 amide bonds. The Kier molecular flexibility index (Phi) is 6.20. The smallest absolute Gasteiger partial charge is 0.303 e. The van der Waals surface area contributed by atoms with E-state index in [0.717, 1.165) is 25.7 Å². The lowest BCUT2D eigenvalue weighted by atomic mass is 9.68. The number of nitrogens with one attached hydrogen (secondary N) is 1. The molecule has 4 N–H and O–H groups in total. The summed E-state index contributed by atoms with van der Waals surface area (Å²) in [5, 5.41) is 11.8. The summed E-state index contributed by atoms with van der Waals surface area (Å²) in [6.07, 6.45) is 4.49. The predicted octanol–water partition coefficient (Wildman–Crippen LogP) is 2.15. The van der Waals surface area contributed by atoms with Crippen molar-refractivity contribution >= 4 is 11.9 Å². The number of hydrogen-bond acceptors (Lipinski definition) is 3. The molecular formula is C16H30N2O3. The number of amides is 1. The van der Waals surface area contributed by atoms with Crippen molar-refractivity contribution in [1.29, 1.82) is 0 Å². The molecule has 1 saturated carbocycles. The van der Waals surface area contributed by atoms with Crippen LogP contribution in [0.5, 0.6) is 0 Å². The Morgan fingerprint density at radius 2 is 1.90 bits per heavy atom. The molecule has 1 unspecified atom stereocenters. The fourth-order valence-electron chi connectivity index (χ4n) is 2.98. The highest BCUT2D eigenvalue weighted by atomic mass is 16.4. The van der Waals surface area contributed by atoms with E-state index in [2.05, 4.69) is 26.1 Å². The molecule has 0 spiro atoms. The molecule has 0 aromatic rings. The van der Waals surface area contributed by atoms with Crippen LogP contribution in [0, 0.1) is 16.7 Å². The molecule has 1 aliphatic rings. The third-order valence-electron chi connectivity index (χ3n) is 4.89. The number of rotatable bonds is 8. The summed E-state index contributed by atoms with van der Waals surface area (Å²) < 4.78 is 0. The normalized spacial score (nSPS) is 18.7. The Morgan fingerprint density at radius 1 is 1.29 bits per heavy atom. The van der Waals surface area contributed by atoms with Crippen LogP contribution in [0.1, 0.15) is 59.3 Å². The molecule has 21 heavy (non-hydrogen) atoms. The summed E-state index contributed by atoms with van der Waals surface area (Å²) in [7, 11) is 0. The summed E-state index contributed by atoms with van der Waals surface area (Å²) in [5.74, 6) is -0.406. The number of carbonyl (C=O) groups excluding carboxylic acids is 1. The zero-order valence-corrected chi connectivity index (χ0v) is 13.6. The highest BCUT2D eigenvalue weighted by Gasteiger charge is 2.42. The van der Waals surface area contributed by atoms with Crippen molar-refractivity contribution in [2.24, 2.45) is 22.5 Å². The van der Waals surface area contributed by atoms with Crippen LogP contribution in [0.3, 0.4) is 0 Å². The van der Waals surface area contributed by atoms with Crippen molar-refractivity contribution < 1.29 is 14.7 Å². The summed E-state index contributed by atoms with van der Waals surface area (Å²) in [6, 6.07) is 0. The molecule has 122 valence electrons. The minimum Gasteiger partial charge on any atom is -0.481 e. The Hall–Kier alpha value is -1.10. The number of carbonyl (C=O) groups is 2. The van der Waals surface area contributed by atoms with Gasteiger partial charge in [-0.05, 0) is 37.0 Å². The Morgan fingerprint density at radius 3 is 2.29 bits per heavy atom. The lowest BCUT2D eigenvalue weighted by Gasteiger charge is -2.39. The van der Waals surface area contributed by atoms with E-state index in [1.165, 1.54) is 0 Å². The van der Waals surface area contributed by atoms with Crippen LogP contribution in [-0.4, -0.2) is 30.1 Å². The number of hydrogen-bond donors (Lipinski definition) is 3. The predicted molar refractivity (Wildman–Crippen MR) is 82.8 cm³/mol. The maximum atomic E-state index is 12.2. The SMILES string of the molecule is CC(C)(C)C(CCNC(=O)C1(CN)CCC1)CCC(=O)O. The second-order valence-corrected chi connectivity index (χ2v) is 7.38. The van der Waals surface area contributed by atoms with Gasteiger partial charge in [0.25, 0.3) is 0 Å². The first-order valence-corrected chi connectivity index (χ1v) is 7.91. The summed E-state index contributed by atoms with van der Waals surface area (Å²) >= 11 is 0. The molecule has 1 aliphatic carbocycles. The van der Waals surface area contributed by atoms with Crippen LogP contribution in [0.2, 0.25) is 0 Å². The molecule has 0 heterocycles. The first kappa shape index (κ1) is 18.0. The highest BCUT2D eigenvalue weighted by molar-refractivity contribution is 5.83. The first-order chi connectivity index (χ1) is 9.71. The maximum absolute atomic E-state index is 12.2. The minimum absolute atomic E-state index is 0.0439. The lowest BCUT2D eigenvalue weighted by molar-refractivity contribution is -0.138. The van der Waals surface area contributed by atoms with Crippen LogP contribution < -0.4 is 11.1 Å². The largest absolute Gasteiger partial charge is 0.481 e. The van der Waals surface area contributed by atoms with Gasteiger partial charge in [0.1, 0.15) is 0 Å². The van der Waals surface area contributed by atoms with Gasteiger partial charge in [-0.2, -0.15) is 0 Å². The molecule has 5 heteroatoms. The van der Waals surface area contributed by atoms with Gasteiger partial charge in [-0.25, -0.2) is 0 Å². The molecule has 0 radical (unpaired) electrons. The van der Waals surface area contributed by atoms with E-state index in [-0.39, 0.29) is 29.1 Å². The van der Waals surface area contributed by atoms with Crippen LogP contribution >= 0.6 is 0 Å². The first-order valence-electron chi connectivity index (χ1n) is 7.91. The van der Waals surface area contributed by atoms with Crippen molar-refractivity contribution in [1.82, 2.24) is 5.32 Å². The van der Waals surface area contributed by atoms with Crippen molar-refractivity contribution in [3.05, 3.63) is 0 Å². The molecular weight excluding hydrogens is 268 g/mol. The summed E-state index contributed by atoms with van der Waals surface area (Å²) in [6.45, 7) is 7.38. The average Bonchev–Trinajstić information content (AvgIpc) is 2.30. The topological polar surface area (TPSA) is 92.4 Å². The molecule has 0 aromatic carbocycles. The van der Waals surface area contributed by atoms with Crippen LogP contribution in [-0.2, 0) is 9.59 Å². The number of carboxylic acid groups (broad SMARTS) is 1. The Bertz CT molecular complexity index is 365. The highest BCUT2D eigenvalue weighted by Crippen LogP contribution is 2.40. The number of carboxylic acids is 1. The monoisotopic (exact) mass is 298 g/mol. The van der Waals surface area contributed by atoms with E-state index in [9.17, 15) is 9.59 Å². The minimum atomic E-state index is -0.759. The molecule has 1 atom stereocenters. The third kappa shape index (κ3) is 4.99. The molecule has 5 nitrogen and oxygen atoms in total. The quantitative estimate of drug-likeness (QED) is 0.640. The lowest BCUT2D eigenvalue weighted by Crippen LogP contribution is -2.50.